The normalized spacial score (nSPS) is 34.5. The van der Waals surface area contributed by atoms with Crippen LogP contribution in [0.4, 0.5) is 0 Å². The van der Waals surface area contributed by atoms with Crippen LogP contribution in [0.3, 0.4) is 0 Å². The summed E-state index contributed by atoms with van der Waals surface area (Å²) in [7, 11) is 0. The summed E-state index contributed by atoms with van der Waals surface area (Å²) in [6, 6.07) is 9.31. The Labute approximate surface area is 130 Å². The highest BCUT2D eigenvalue weighted by atomic mass is 16.8. The molecule has 22 heavy (non-hydrogen) atoms. The van der Waals surface area contributed by atoms with E-state index < -0.39 is 24.2 Å². The maximum absolute atomic E-state index is 9.30. The SMILES string of the molecule is CC1(C)O[C@@H]2[C@@H](O1)[C@@H](OCc1ccccc1)O[C@@H]2[C@H](N)CO. The minimum absolute atomic E-state index is 0.177. The lowest BCUT2D eigenvalue weighted by molar-refractivity contribution is -0.239. The number of hydrogen-bond donors (Lipinski definition) is 2. The van der Waals surface area contributed by atoms with E-state index in [1.54, 1.807) is 0 Å². The van der Waals surface area contributed by atoms with Gasteiger partial charge in [-0.05, 0) is 19.4 Å². The zero-order chi connectivity index (χ0) is 15.7. The molecule has 6 nitrogen and oxygen atoms in total. The van der Waals surface area contributed by atoms with E-state index in [1.165, 1.54) is 0 Å². The summed E-state index contributed by atoms with van der Waals surface area (Å²) in [5.74, 6) is -0.707. The highest BCUT2D eigenvalue weighted by Gasteiger charge is 2.57. The van der Waals surface area contributed by atoms with Crippen molar-refractivity contribution in [3.05, 3.63) is 35.9 Å². The third kappa shape index (κ3) is 3.17. The van der Waals surface area contributed by atoms with Gasteiger partial charge in [-0.1, -0.05) is 30.3 Å². The molecule has 3 rings (SSSR count). The van der Waals surface area contributed by atoms with E-state index in [4.69, 9.17) is 24.7 Å². The van der Waals surface area contributed by atoms with Crippen LogP contribution in [-0.4, -0.2) is 48.1 Å². The predicted molar refractivity (Wildman–Crippen MR) is 78.8 cm³/mol. The van der Waals surface area contributed by atoms with Gasteiger partial charge in [-0.3, -0.25) is 0 Å². The molecule has 0 radical (unpaired) electrons. The van der Waals surface area contributed by atoms with Gasteiger partial charge in [-0.25, -0.2) is 0 Å². The monoisotopic (exact) mass is 309 g/mol. The zero-order valence-corrected chi connectivity index (χ0v) is 12.8. The summed E-state index contributed by atoms with van der Waals surface area (Å²) in [4.78, 5) is 0. The van der Waals surface area contributed by atoms with Crippen molar-refractivity contribution in [3.8, 4) is 0 Å². The number of ether oxygens (including phenoxy) is 4. The molecule has 3 N–H and O–H groups in total. The third-order valence-corrected chi connectivity index (χ3v) is 3.94. The van der Waals surface area contributed by atoms with Crippen molar-refractivity contribution in [2.45, 2.75) is 56.9 Å². The largest absolute Gasteiger partial charge is 0.395 e. The van der Waals surface area contributed by atoms with Gasteiger partial charge in [0.25, 0.3) is 0 Å². The van der Waals surface area contributed by atoms with Gasteiger partial charge in [-0.2, -0.15) is 0 Å². The number of aliphatic hydroxyl groups is 1. The Morgan fingerprint density at radius 3 is 2.59 bits per heavy atom. The topological polar surface area (TPSA) is 83.2 Å². The Morgan fingerprint density at radius 2 is 1.91 bits per heavy atom. The minimum atomic E-state index is -0.707. The van der Waals surface area contributed by atoms with E-state index in [2.05, 4.69) is 0 Å². The Kier molecular flexibility index (Phi) is 4.49. The summed E-state index contributed by atoms with van der Waals surface area (Å²) in [6.07, 6.45) is -1.69. The van der Waals surface area contributed by atoms with Gasteiger partial charge < -0.3 is 29.8 Å². The van der Waals surface area contributed by atoms with Crippen molar-refractivity contribution in [2.75, 3.05) is 6.61 Å². The van der Waals surface area contributed by atoms with Crippen molar-refractivity contribution in [2.24, 2.45) is 5.73 Å². The first-order valence-corrected chi connectivity index (χ1v) is 7.53. The molecule has 0 unspecified atom stereocenters. The Hall–Kier alpha value is -1.02. The van der Waals surface area contributed by atoms with Gasteiger partial charge in [0, 0.05) is 0 Å². The maximum atomic E-state index is 9.30. The Bertz CT molecular complexity index is 495. The lowest BCUT2D eigenvalue weighted by Crippen LogP contribution is -2.45. The van der Waals surface area contributed by atoms with Crippen molar-refractivity contribution < 1.29 is 24.1 Å². The summed E-state index contributed by atoms with van der Waals surface area (Å²) < 4.78 is 23.5. The Morgan fingerprint density at radius 1 is 1.23 bits per heavy atom. The molecule has 1 aromatic carbocycles. The van der Waals surface area contributed by atoms with Gasteiger partial charge in [0.15, 0.2) is 12.1 Å². The lowest BCUT2D eigenvalue weighted by atomic mass is 10.1. The van der Waals surface area contributed by atoms with Crippen LogP contribution < -0.4 is 5.73 Å². The molecule has 2 saturated heterocycles. The second-order valence-corrected chi connectivity index (χ2v) is 6.18. The molecule has 0 aromatic heterocycles. The molecular formula is C16H23NO5. The van der Waals surface area contributed by atoms with Crippen LogP contribution in [0.25, 0.3) is 0 Å². The molecule has 2 heterocycles. The van der Waals surface area contributed by atoms with E-state index in [0.29, 0.717) is 6.61 Å². The molecule has 0 bridgehead atoms. The highest BCUT2D eigenvalue weighted by molar-refractivity contribution is 5.13. The van der Waals surface area contributed by atoms with E-state index >= 15 is 0 Å². The van der Waals surface area contributed by atoms with E-state index in [1.807, 2.05) is 44.2 Å². The molecular weight excluding hydrogens is 286 g/mol. The fraction of sp³-hybridized carbons (Fsp3) is 0.625. The summed E-state index contributed by atoms with van der Waals surface area (Å²) in [5, 5.41) is 9.30. The molecule has 0 spiro atoms. The van der Waals surface area contributed by atoms with Gasteiger partial charge >= 0.3 is 0 Å². The van der Waals surface area contributed by atoms with Crippen LogP contribution in [0.5, 0.6) is 0 Å². The second-order valence-electron chi connectivity index (χ2n) is 6.18. The van der Waals surface area contributed by atoms with Crippen molar-refractivity contribution in [1.29, 1.82) is 0 Å². The quantitative estimate of drug-likeness (QED) is 0.836. The first kappa shape index (κ1) is 15.9. The second kappa shape index (κ2) is 6.23. The minimum Gasteiger partial charge on any atom is -0.395 e. The first-order chi connectivity index (χ1) is 10.5. The van der Waals surface area contributed by atoms with E-state index in [-0.39, 0.29) is 18.8 Å². The molecule has 2 aliphatic rings. The number of aliphatic hydroxyl groups excluding tert-OH is 1. The fourth-order valence-electron chi connectivity index (χ4n) is 2.93. The van der Waals surface area contributed by atoms with Gasteiger partial charge in [0.2, 0.25) is 0 Å². The van der Waals surface area contributed by atoms with Gasteiger partial charge in [0.1, 0.15) is 18.3 Å². The third-order valence-electron chi connectivity index (χ3n) is 3.94. The van der Waals surface area contributed by atoms with Crippen LogP contribution in [-0.2, 0) is 25.6 Å². The number of nitrogens with two attached hydrogens (primary N) is 1. The van der Waals surface area contributed by atoms with Crippen LogP contribution in [0.2, 0.25) is 0 Å². The molecule has 5 atom stereocenters. The first-order valence-electron chi connectivity index (χ1n) is 7.53. The molecule has 0 aliphatic carbocycles. The van der Waals surface area contributed by atoms with Crippen LogP contribution in [0, 0.1) is 0 Å². The molecule has 1 aromatic rings. The highest BCUT2D eigenvalue weighted by Crippen LogP contribution is 2.40. The molecule has 122 valence electrons. The van der Waals surface area contributed by atoms with Gasteiger partial charge in [0.05, 0.1) is 19.3 Å². The van der Waals surface area contributed by atoms with E-state index in [0.717, 1.165) is 5.56 Å². The summed E-state index contributed by atoms with van der Waals surface area (Å²) >= 11 is 0. The maximum Gasteiger partial charge on any atom is 0.187 e. The van der Waals surface area contributed by atoms with Gasteiger partial charge in [-0.15, -0.1) is 0 Å². The lowest BCUT2D eigenvalue weighted by Gasteiger charge is -2.26. The Balaban J connectivity index is 1.69. The standard InChI is InChI=1S/C16H23NO5/c1-16(2)21-13-12(11(17)8-18)20-15(14(13)22-16)19-9-10-6-4-3-5-7-10/h3-7,11-15,18H,8-9,17H2,1-2H3/t11-,12-,13+,14-,15+/m1/s1. The average molecular weight is 309 g/mol. The van der Waals surface area contributed by atoms with Crippen LogP contribution >= 0.6 is 0 Å². The average Bonchev–Trinajstić information content (AvgIpc) is 2.99. The number of rotatable bonds is 5. The molecule has 0 amide bonds. The molecule has 2 fully saturated rings. The van der Waals surface area contributed by atoms with E-state index in [9.17, 15) is 5.11 Å². The molecule has 0 saturated carbocycles. The summed E-state index contributed by atoms with van der Waals surface area (Å²) in [5.41, 5.74) is 6.98. The molecule has 6 heteroatoms. The fourth-order valence-corrected chi connectivity index (χ4v) is 2.93. The zero-order valence-electron chi connectivity index (χ0n) is 12.8. The number of benzene rings is 1. The summed E-state index contributed by atoms with van der Waals surface area (Å²) in [6.45, 7) is 3.94. The van der Waals surface area contributed by atoms with Crippen molar-refractivity contribution >= 4 is 0 Å². The van der Waals surface area contributed by atoms with Crippen LogP contribution in [0.1, 0.15) is 19.4 Å². The molecule has 2 aliphatic heterocycles. The number of hydrogen-bond acceptors (Lipinski definition) is 6. The predicted octanol–water partition coefficient (Wildman–Crippen LogP) is 0.768. The van der Waals surface area contributed by atoms with Crippen molar-refractivity contribution in [3.63, 3.8) is 0 Å². The van der Waals surface area contributed by atoms with Crippen LogP contribution in [0.15, 0.2) is 30.3 Å². The smallest absolute Gasteiger partial charge is 0.187 e. The van der Waals surface area contributed by atoms with Crippen molar-refractivity contribution in [1.82, 2.24) is 0 Å². The number of fused-ring (bicyclic) bond motifs is 1.